The van der Waals surface area contributed by atoms with Crippen LogP contribution in [-0.4, -0.2) is 23.4 Å². The zero-order valence-corrected chi connectivity index (χ0v) is 7.56. The van der Waals surface area contributed by atoms with Crippen molar-refractivity contribution in [3.63, 3.8) is 0 Å². The number of hydrogen-bond acceptors (Lipinski definition) is 3. The van der Waals surface area contributed by atoms with E-state index in [1.54, 1.807) is 0 Å². The normalized spacial score (nSPS) is 9.79. The molecule has 1 rings (SSSR count). The van der Waals surface area contributed by atoms with Crippen LogP contribution in [-0.2, 0) is 0 Å². The van der Waals surface area contributed by atoms with Crippen LogP contribution in [0.25, 0.3) is 0 Å². The van der Waals surface area contributed by atoms with E-state index in [0.29, 0.717) is 12.1 Å². The third-order valence-corrected chi connectivity index (χ3v) is 1.83. The summed E-state index contributed by atoms with van der Waals surface area (Å²) in [7, 11) is 0. The smallest absolute Gasteiger partial charge is 0.335 e. The molecule has 0 bridgehead atoms. The lowest BCUT2D eigenvalue weighted by Gasteiger charge is -1.99. The van der Waals surface area contributed by atoms with Gasteiger partial charge in [0.25, 0.3) is 0 Å². The lowest BCUT2D eigenvalue weighted by molar-refractivity contribution is 0.0696. The summed E-state index contributed by atoms with van der Waals surface area (Å²) >= 11 is 0. The molecule has 4 heteroatoms. The van der Waals surface area contributed by atoms with Gasteiger partial charge in [-0.25, -0.2) is 4.79 Å². The van der Waals surface area contributed by atoms with Crippen LogP contribution < -0.4 is 5.73 Å². The second-order valence-electron chi connectivity index (χ2n) is 2.84. The number of carboxylic acids is 1. The summed E-state index contributed by atoms with van der Waals surface area (Å²) in [6, 6.07) is 5.82. The van der Waals surface area contributed by atoms with Crippen LogP contribution in [0.4, 0.5) is 0 Å². The molecule has 0 saturated heterocycles. The minimum Gasteiger partial charge on any atom is -0.478 e. The van der Waals surface area contributed by atoms with Gasteiger partial charge >= 0.3 is 5.97 Å². The number of carbonyl (C=O) groups excluding carboxylic acids is 1. The second kappa shape index (κ2) is 4.53. The number of benzene rings is 1. The van der Waals surface area contributed by atoms with Crippen LogP contribution in [0.2, 0.25) is 0 Å². The van der Waals surface area contributed by atoms with Gasteiger partial charge in [0.15, 0.2) is 5.78 Å². The van der Waals surface area contributed by atoms with Gasteiger partial charge in [0, 0.05) is 12.0 Å². The first-order valence-corrected chi connectivity index (χ1v) is 4.22. The summed E-state index contributed by atoms with van der Waals surface area (Å²) in [6.07, 6.45) is 0.284. The Balaban J connectivity index is 2.83. The highest BCUT2D eigenvalue weighted by molar-refractivity contribution is 5.97. The number of nitrogens with two attached hydrogens (primary N) is 1. The highest BCUT2D eigenvalue weighted by Crippen LogP contribution is 2.06. The topological polar surface area (TPSA) is 80.4 Å². The van der Waals surface area contributed by atoms with Crippen molar-refractivity contribution >= 4 is 11.8 Å². The van der Waals surface area contributed by atoms with E-state index in [2.05, 4.69) is 0 Å². The van der Waals surface area contributed by atoms with Crippen LogP contribution in [0.15, 0.2) is 24.3 Å². The molecule has 0 atom stereocenters. The fourth-order valence-corrected chi connectivity index (χ4v) is 1.07. The van der Waals surface area contributed by atoms with Gasteiger partial charge in [0.1, 0.15) is 0 Å². The fraction of sp³-hybridized carbons (Fsp3) is 0.200. The summed E-state index contributed by atoms with van der Waals surface area (Å²) in [5.74, 6) is -1.06. The van der Waals surface area contributed by atoms with Crippen molar-refractivity contribution in [2.75, 3.05) is 6.54 Å². The molecule has 0 heterocycles. The van der Waals surface area contributed by atoms with Crippen molar-refractivity contribution in [1.82, 2.24) is 0 Å². The Bertz CT molecular complexity index is 343. The van der Waals surface area contributed by atoms with Crippen LogP contribution in [0.1, 0.15) is 27.1 Å². The molecule has 14 heavy (non-hydrogen) atoms. The summed E-state index contributed by atoms with van der Waals surface area (Å²) in [6.45, 7) is 0.305. The molecule has 1 aromatic carbocycles. The number of Topliss-reactive ketones (excluding diaryl/α,β-unsaturated/α-hetero) is 1. The molecule has 0 unspecified atom stereocenters. The maximum absolute atomic E-state index is 11.3. The quantitative estimate of drug-likeness (QED) is 0.696. The lowest BCUT2D eigenvalue weighted by atomic mass is 10.1. The highest BCUT2D eigenvalue weighted by Gasteiger charge is 2.06. The predicted octanol–water partition coefficient (Wildman–Crippen LogP) is 0.916. The van der Waals surface area contributed by atoms with Gasteiger partial charge in [-0.15, -0.1) is 0 Å². The lowest BCUT2D eigenvalue weighted by Crippen LogP contribution is -2.08. The predicted molar refractivity (Wildman–Crippen MR) is 51.4 cm³/mol. The molecule has 0 saturated carbocycles. The molecule has 74 valence electrons. The van der Waals surface area contributed by atoms with Gasteiger partial charge < -0.3 is 10.8 Å². The zero-order valence-electron chi connectivity index (χ0n) is 7.56. The van der Waals surface area contributed by atoms with Crippen molar-refractivity contribution in [3.8, 4) is 0 Å². The summed E-state index contributed by atoms with van der Waals surface area (Å²) in [5, 5.41) is 8.61. The monoisotopic (exact) mass is 193 g/mol. The van der Waals surface area contributed by atoms with E-state index in [1.807, 2.05) is 0 Å². The van der Waals surface area contributed by atoms with Crippen LogP contribution in [0.3, 0.4) is 0 Å². The van der Waals surface area contributed by atoms with E-state index in [-0.39, 0.29) is 17.8 Å². The first-order valence-electron chi connectivity index (χ1n) is 4.22. The van der Waals surface area contributed by atoms with E-state index >= 15 is 0 Å². The van der Waals surface area contributed by atoms with Gasteiger partial charge in [-0.1, -0.05) is 12.1 Å². The second-order valence-corrected chi connectivity index (χ2v) is 2.84. The average Bonchev–Trinajstić information content (AvgIpc) is 2.18. The molecular formula is C10H11NO3. The Morgan fingerprint density at radius 3 is 2.07 bits per heavy atom. The van der Waals surface area contributed by atoms with Crippen molar-refractivity contribution in [2.24, 2.45) is 5.73 Å². The molecule has 0 radical (unpaired) electrons. The van der Waals surface area contributed by atoms with Crippen LogP contribution in [0.5, 0.6) is 0 Å². The number of ketones is 1. The van der Waals surface area contributed by atoms with Crippen molar-refractivity contribution in [2.45, 2.75) is 6.42 Å². The van der Waals surface area contributed by atoms with Gasteiger partial charge in [0.2, 0.25) is 0 Å². The van der Waals surface area contributed by atoms with Gasteiger partial charge in [-0.2, -0.15) is 0 Å². The Kier molecular flexibility index (Phi) is 3.36. The average molecular weight is 193 g/mol. The number of hydrogen-bond donors (Lipinski definition) is 2. The van der Waals surface area contributed by atoms with E-state index < -0.39 is 5.97 Å². The Hall–Kier alpha value is -1.68. The molecule has 0 spiro atoms. The maximum atomic E-state index is 11.3. The standard InChI is InChI=1S/C10H11NO3/c11-6-5-9(12)7-1-3-8(4-2-7)10(13)14/h1-4H,5-6,11H2,(H,13,14). The SMILES string of the molecule is NCCC(=O)c1ccc(C(=O)O)cc1. The molecule has 0 amide bonds. The van der Waals surface area contributed by atoms with Gasteiger partial charge in [0.05, 0.1) is 5.56 Å². The summed E-state index contributed by atoms with van der Waals surface area (Å²) in [5.41, 5.74) is 5.91. The number of carboxylic acid groups (broad SMARTS) is 1. The molecule has 0 fully saturated rings. The van der Waals surface area contributed by atoms with Crippen LogP contribution >= 0.6 is 0 Å². The molecular weight excluding hydrogens is 182 g/mol. The summed E-state index contributed by atoms with van der Waals surface area (Å²) < 4.78 is 0. The zero-order chi connectivity index (χ0) is 10.6. The first kappa shape index (κ1) is 10.4. The van der Waals surface area contributed by atoms with Crippen LogP contribution in [0, 0.1) is 0 Å². The number of rotatable bonds is 4. The highest BCUT2D eigenvalue weighted by atomic mass is 16.4. The molecule has 1 aromatic rings. The van der Waals surface area contributed by atoms with Crippen molar-refractivity contribution in [1.29, 1.82) is 0 Å². The number of aromatic carboxylic acids is 1. The Morgan fingerprint density at radius 1 is 1.14 bits per heavy atom. The van der Waals surface area contributed by atoms with E-state index in [0.717, 1.165) is 0 Å². The molecule has 0 aromatic heterocycles. The number of carbonyl (C=O) groups is 2. The van der Waals surface area contributed by atoms with Crippen molar-refractivity contribution < 1.29 is 14.7 Å². The maximum Gasteiger partial charge on any atom is 0.335 e. The Labute approximate surface area is 81.3 Å². The van der Waals surface area contributed by atoms with Gasteiger partial charge in [-0.3, -0.25) is 4.79 Å². The van der Waals surface area contributed by atoms with E-state index in [9.17, 15) is 9.59 Å². The van der Waals surface area contributed by atoms with E-state index in [4.69, 9.17) is 10.8 Å². The third kappa shape index (κ3) is 2.40. The molecule has 0 aliphatic heterocycles. The first-order chi connectivity index (χ1) is 6.65. The fourth-order valence-electron chi connectivity index (χ4n) is 1.07. The molecule has 4 nitrogen and oxygen atoms in total. The molecule has 0 aliphatic carbocycles. The van der Waals surface area contributed by atoms with Crippen molar-refractivity contribution in [3.05, 3.63) is 35.4 Å². The molecule has 3 N–H and O–H groups in total. The summed E-state index contributed by atoms with van der Waals surface area (Å²) in [4.78, 5) is 21.8. The third-order valence-electron chi connectivity index (χ3n) is 1.83. The van der Waals surface area contributed by atoms with Gasteiger partial charge in [-0.05, 0) is 18.7 Å². The minimum atomic E-state index is -0.997. The minimum absolute atomic E-state index is 0.0653. The largest absolute Gasteiger partial charge is 0.478 e. The van der Waals surface area contributed by atoms with E-state index in [1.165, 1.54) is 24.3 Å². The Morgan fingerprint density at radius 2 is 1.64 bits per heavy atom. The molecule has 0 aliphatic rings.